The van der Waals surface area contributed by atoms with Crippen molar-refractivity contribution in [2.75, 3.05) is 9.80 Å². The molecule has 4 heterocycles. The van der Waals surface area contributed by atoms with Gasteiger partial charge in [0.25, 0.3) is 6.71 Å². The van der Waals surface area contributed by atoms with Gasteiger partial charge in [0.2, 0.25) is 0 Å². The van der Waals surface area contributed by atoms with Gasteiger partial charge in [-0.3, -0.25) is 0 Å². The van der Waals surface area contributed by atoms with E-state index in [-0.39, 0.29) is 6.71 Å². The summed E-state index contributed by atoms with van der Waals surface area (Å²) in [5.41, 5.74) is 28.0. The number of fused-ring (bicyclic) bond motifs is 10. The molecule has 2 aromatic heterocycles. The van der Waals surface area contributed by atoms with Crippen molar-refractivity contribution in [3.63, 3.8) is 0 Å². The Morgan fingerprint density at radius 1 is 0.173 bits per heavy atom. The minimum Gasteiger partial charge on any atom is -0.310 e. The molecule has 2 aliphatic rings. The van der Waals surface area contributed by atoms with Gasteiger partial charge in [0.05, 0.1) is 33.4 Å². The molecule has 4 nitrogen and oxygen atoms in total. The van der Waals surface area contributed by atoms with Crippen LogP contribution in [0.3, 0.4) is 0 Å². The minimum absolute atomic E-state index is 0.316. The van der Waals surface area contributed by atoms with Gasteiger partial charge in [0.15, 0.2) is 16.1 Å². The van der Waals surface area contributed by atoms with Crippen LogP contribution < -0.4 is 67.7 Å². The van der Waals surface area contributed by atoms with Gasteiger partial charge in [-0.05, 0) is 152 Å². The lowest BCUT2D eigenvalue weighted by Crippen LogP contribution is -2.74. The van der Waals surface area contributed by atoms with Crippen molar-refractivity contribution in [3.05, 3.63) is 504 Å². The van der Waals surface area contributed by atoms with Gasteiger partial charge >= 0.3 is 0 Å². The second-order valence-electron chi connectivity index (χ2n) is 33.6. The van der Waals surface area contributed by atoms with Crippen molar-refractivity contribution >= 4 is 158 Å². The SMILES string of the molecule is c1ccc(-c2cc3c4c(c2)N(c2c(-c5ccccc5)cccc2-c2ccccc2)c2cc(-n5c6ccccc6c6cc([Si](c7ccccc7)(c7ccccc7)c7ccccc7)ccc65)ccc2B4c2ccc(-n4c5ccccc5c5cc([Si](c6ccccc6)(c6ccccc6)c6ccccc6)ccc54)cc2N3c2c(-c3ccccc3)cccc2-c2ccccc2)cc1. The average molecular weight is 1650 g/mol. The minimum atomic E-state index is -2.98. The number of nitrogens with zero attached hydrogens (tertiary/aromatic N) is 4. The van der Waals surface area contributed by atoms with Crippen molar-refractivity contribution in [1.82, 2.24) is 9.13 Å². The normalized spacial score (nSPS) is 12.4. The lowest BCUT2D eigenvalue weighted by Gasteiger charge is -2.46. The molecule has 0 amide bonds. The molecular weight excluding hydrogens is 1560 g/mol. The van der Waals surface area contributed by atoms with Crippen LogP contribution in [0, 0.1) is 0 Å². The summed E-state index contributed by atoms with van der Waals surface area (Å²) in [5, 5.41) is 15.5. The van der Waals surface area contributed by atoms with E-state index >= 15 is 0 Å². The number of anilines is 6. The molecule has 2 aliphatic heterocycles. The van der Waals surface area contributed by atoms with Gasteiger partial charge in [0.1, 0.15) is 0 Å². The molecule has 0 saturated carbocycles. The standard InChI is InChI=1S/C120H83BN4Si2/c1-12-40-84(41-13-1)89-78-116-118-117(79-89)125(120-102(87-46-18-4-19-47-87)66-39-67-103(120)88-48-20-5-21-49-88)115-81-91(123-111-69-37-35-63-105(111)107-83-99(73-77-113(107)123)127(95-56-28-9-29-57-95,96-58-30-10-31-59-96)97-60-32-11-33-61-97)71-75-109(115)121(118)108-74-70-90(80-114(108)124(116)119-100(85-42-14-2-15-43-85)64-38-65-101(119)86-44-16-3-17-45-86)122-110-68-36-34-62-104(110)106-82-98(72-76-112(106)122)126(92-50-22-6-23-51-92,93-52-24-7-25-53-93)94-54-26-8-27-55-94/h1-83H. The first-order chi connectivity index (χ1) is 63.1. The fourth-order valence-corrected chi connectivity index (χ4v) is 31.1. The summed E-state index contributed by atoms with van der Waals surface area (Å²) < 4.78 is 5.12. The number of para-hydroxylation sites is 4. The number of hydrogen-bond acceptors (Lipinski definition) is 2. The maximum absolute atomic E-state index is 2.98. The Balaban J connectivity index is 0.811. The highest BCUT2D eigenvalue weighted by atomic mass is 28.3. The molecule has 0 saturated heterocycles. The molecule has 594 valence electrons. The largest absolute Gasteiger partial charge is 0.310 e. The smallest absolute Gasteiger partial charge is 0.252 e. The van der Waals surface area contributed by atoms with E-state index in [1.807, 2.05) is 0 Å². The molecule has 24 rings (SSSR count). The zero-order valence-electron chi connectivity index (χ0n) is 69.8. The van der Waals surface area contributed by atoms with Gasteiger partial charge in [-0.25, -0.2) is 0 Å². The van der Waals surface area contributed by atoms with Crippen LogP contribution in [0.15, 0.2) is 504 Å². The lowest BCUT2D eigenvalue weighted by molar-refractivity contribution is 1.17. The molecule has 127 heavy (non-hydrogen) atoms. The number of hydrogen-bond donors (Lipinski definition) is 0. The zero-order chi connectivity index (χ0) is 83.9. The van der Waals surface area contributed by atoms with E-state index in [1.165, 1.54) is 79.4 Å². The molecule has 0 spiro atoms. The zero-order valence-corrected chi connectivity index (χ0v) is 71.8. The van der Waals surface area contributed by atoms with Gasteiger partial charge in [0, 0.05) is 77.9 Å². The molecule has 0 fully saturated rings. The van der Waals surface area contributed by atoms with Crippen LogP contribution in [-0.4, -0.2) is 32.0 Å². The van der Waals surface area contributed by atoms with E-state index in [9.17, 15) is 0 Å². The average Bonchev–Trinajstić information content (AvgIpc) is 0.753. The second kappa shape index (κ2) is 31.2. The van der Waals surface area contributed by atoms with Crippen molar-refractivity contribution in [2.45, 2.75) is 0 Å². The number of aromatic nitrogens is 2. The highest BCUT2D eigenvalue weighted by molar-refractivity contribution is 7.20. The monoisotopic (exact) mass is 1650 g/mol. The quantitative estimate of drug-likeness (QED) is 0.0667. The van der Waals surface area contributed by atoms with E-state index in [4.69, 9.17) is 0 Å². The van der Waals surface area contributed by atoms with Crippen LogP contribution >= 0.6 is 0 Å². The first kappa shape index (κ1) is 74.9. The molecule has 0 bridgehead atoms. The van der Waals surface area contributed by atoms with Crippen molar-refractivity contribution < 1.29 is 0 Å². The Kier molecular flexibility index (Phi) is 18.4. The summed E-state index contributed by atoms with van der Waals surface area (Å²) >= 11 is 0. The Bertz CT molecular complexity index is 7160. The Hall–Kier alpha value is -15.9. The van der Waals surface area contributed by atoms with E-state index in [0.29, 0.717) is 0 Å². The Morgan fingerprint density at radius 3 is 0.748 bits per heavy atom. The van der Waals surface area contributed by atoms with Crippen LogP contribution in [0.4, 0.5) is 34.1 Å². The number of rotatable bonds is 17. The van der Waals surface area contributed by atoms with Crippen molar-refractivity contribution in [3.8, 4) is 67.0 Å². The maximum atomic E-state index is 2.70. The van der Waals surface area contributed by atoms with Crippen molar-refractivity contribution in [1.29, 1.82) is 0 Å². The first-order valence-corrected chi connectivity index (χ1v) is 48.1. The first-order valence-electron chi connectivity index (χ1n) is 44.1. The molecule has 0 unspecified atom stereocenters. The molecule has 22 aromatic rings. The molecule has 0 radical (unpaired) electrons. The summed E-state index contributed by atoms with van der Waals surface area (Å²) in [6.07, 6.45) is 0. The van der Waals surface area contributed by atoms with Crippen molar-refractivity contribution in [2.24, 2.45) is 0 Å². The highest BCUT2D eigenvalue weighted by Gasteiger charge is 2.48. The topological polar surface area (TPSA) is 16.3 Å². The predicted octanol–water partition coefficient (Wildman–Crippen LogP) is 23.1. The third kappa shape index (κ3) is 12.1. The van der Waals surface area contributed by atoms with E-state index < -0.39 is 16.1 Å². The van der Waals surface area contributed by atoms with Gasteiger partial charge in [-0.2, -0.15) is 0 Å². The summed E-state index contributed by atoms with van der Waals surface area (Å²) in [5.74, 6) is 0. The third-order valence-corrected chi connectivity index (χ3v) is 36.5. The fourth-order valence-electron chi connectivity index (χ4n) is 21.6. The van der Waals surface area contributed by atoms with Crippen LogP contribution in [0.25, 0.3) is 111 Å². The lowest BCUT2D eigenvalue weighted by atomic mass is 9.33. The van der Waals surface area contributed by atoms with Gasteiger partial charge in [-0.15, -0.1) is 0 Å². The highest BCUT2D eigenvalue weighted by Crippen LogP contribution is 2.55. The Labute approximate surface area is 742 Å². The van der Waals surface area contributed by atoms with E-state index in [2.05, 4.69) is 522 Å². The molecule has 0 aliphatic carbocycles. The molecular formula is C120H83BN4Si2. The molecule has 7 heteroatoms. The van der Waals surface area contributed by atoms with Crippen LogP contribution in [0.5, 0.6) is 0 Å². The van der Waals surface area contributed by atoms with Gasteiger partial charge in [-0.1, -0.05) is 443 Å². The summed E-state index contributed by atoms with van der Waals surface area (Å²) in [6.45, 7) is -0.316. The predicted molar refractivity (Wildman–Crippen MR) is 544 cm³/mol. The van der Waals surface area contributed by atoms with E-state index in [0.717, 1.165) is 123 Å². The van der Waals surface area contributed by atoms with Crippen LogP contribution in [0.1, 0.15) is 0 Å². The fraction of sp³-hybridized carbons (Fsp3) is 0. The molecule has 0 N–H and O–H groups in total. The third-order valence-electron chi connectivity index (χ3n) is 27.0. The Morgan fingerprint density at radius 2 is 0.441 bits per heavy atom. The van der Waals surface area contributed by atoms with Crippen LogP contribution in [-0.2, 0) is 0 Å². The maximum Gasteiger partial charge on any atom is 0.252 e. The number of benzene rings is 20. The summed E-state index contributed by atoms with van der Waals surface area (Å²) in [4.78, 5) is 5.40. The summed E-state index contributed by atoms with van der Waals surface area (Å²) in [6, 6.07) is 191. The molecule has 20 aromatic carbocycles. The second-order valence-corrected chi connectivity index (χ2v) is 41.2. The van der Waals surface area contributed by atoms with Gasteiger partial charge < -0.3 is 18.9 Å². The van der Waals surface area contributed by atoms with E-state index in [1.54, 1.807) is 0 Å². The summed E-state index contributed by atoms with van der Waals surface area (Å²) in [7, 11) is -5.97. The van der Waals surface area contributed by atoms with Crippen LogP contribution in [0.2, 0.25) is 0 Å². The molecule has 0 atom stereocenters.